The summed E-state index contributed by atoms with van der Waals surface area (Å²) in [5.41, 5.74) is 2.61. The van der Waals surface area contributed by atoms with Gasteiger partial charge in [0.1, 0.15) is 0 Å². The Bertz CT molecular complexity index is 755. The third kappa shape index (κ3) is 4.97. The van der Waals surface area contributed by atoms with E-state index in [0.29, 0.717) is 5.56 Å². The van der Waals surface area contributed by atoms with E-state index in [1.165, 1.54) is 19.2 Å². The quantitative estimate of drug-likeness (QED) is 0.478. The molecule has 2 rings (SSSR count). The lowest BCUT2D eigenvalue weighted by Gasteiger charge is -2.12. The Labute approximate surface area is 147 Å². The molecule has 0 aliphatic carbocycles. The van der Waals surface area contributed by atoms with E-state index < -0.39 is 12.0 Å². The van der Waals surface area contributed by atoms with Gasteiger partial charge < -0.3 is 19.8 Å². The molecule has 2 aromatic carbocycles. The van der Waals surface area contributed by atoms with Gasteiger partial charge in [0.25, 0.3) is 0 Å². The lowest BCUT2D eigenvalue weighted by atomic mass is 10.1. The van der Waals surface area contributed by atoms with Crippen LogP contribution in [-0.2, 0) is 16.0 Å². The number of rotatable bonds is 6. The highest BCUT2D eigenvalue weighted by Gasteiger charge is 2.18. The number of benzene rings is 2. The van der Waals surface area contributed by atoms with Crippen molar-refractivity contribution in [1.29, 1.82) is 0 Å². The number of aliphatic imine (C=N–C) groups is 1. The smallest absolute Gasteiger partial charge is 0.330 e. The second kappa shape index (κ2) is 8.19. The predicted octanol–water partition coefficient (Wildman–Crippen LogP) is 2.37. The Balaban J connectivity index is 2.16. The number of hydrogen-bond donors (Lipinski definition) is 2. The van der Waals surface area contributed by atoms with Crippen LogP contribution in [0.5, 0.6) is 11.5 Å². The first kappa shape index (κ1) is 18.3. The molecule has 0 saturated carbocycles. The van der Waals surface area contributed by atoms with Crippen LogP contribution < -0.4 is 4.90 Å². The van der Waals surface area contributed by atoms with Gasteiger partial charge >= 0.3 is 5.97 Å². The number of carbonyl (C=O) groups is 1. The van der Waals surface area contributed by atoms with Crippen LogP contribution in [-0.4, -0.2) is 49.6 Å². The van der Waals surface area contributed by atoms with Crippen LogP contribution in [0.4, 0.5) is 5.69 Å². The number of phenols is 2. The average molecular weight is 342 g/mol. The second-order valence-electron chi connectivity index (χ2n) is 5.83. The molecule has 0 amide bonds. The molecule has 6 nitrogen and oxygen atoms in total. The molecular formula is C19H22N2O4. The highest BCUT2D eigenvalue weighted by molar-refractivity contribution is 5.84. The average Bonchev–Trinajstić information content (AvgIpc) is 2.61. The Kier molecular flexibility index (Phi) is 6.00. The van der Waals surface area contributed by atoms with E-state index in [4.69, 9.17) is 4.74 Å². The Morgan fingerprint density at radius 1 is 1.16 bits per heavy atom. The molecule has 25 heavy (non-hydrogen) atoms. The highest BCUT2D eigenvalue weighted by Crippen LogP contribution is 2.25. The van der Waals surface area contributed by atoms with Crippen molar-refractivity contribution in [3.63, 3.8) is 0 Å². The first-order valence-electron chi connectivity index (χ1n) is 7.80. The summed E-state index contributed by atoms with van der Waals surface area (Å²) < 4.78 is 4.81. The number of ether oxygens (including phenoxy) is 1. The summed E-state index contributed by atoms with van der Waals surface area (Å²) in [5.74, 6) is -0.902. The van der Waals surface area contributed by atoms with Crippen LogP contribution in [0, 0.1) is 0 Å². The van der Waals surface area contributed by atoms with Crippen LogP contribution >= 0.6 is 0 Å². The van der Waals surface area contributed by atoms with Gasteiger partial charge in [-0.05, 0) is 35.4 Å². The van der Waals surface area contributed by atoms with Gasteiger partial charge in [0.05, 0.1) is 7.11 Å². The van der Waals surface area contributed by atoms with E-state index in [1.54, 1.807) is 12.3 Å². The maximum Gasteiger partial charge on any atom is 0.330 e. The van der Waals surface area contributed by atoms with Gasteiger partial charge in [0.15, 0.2) is 17.5 Å². The van der Waals surface area contributed by atoms with Crippen molar-refractivity contribution in [3.05, 3.63) is 53.6 Å². The molecule has 0 aromatic heterocycles. The fourth-order valence-corrected chi connectivity index (χ4v) is 2.29. The van der Waals surface area contributed by atoms with Crippen molar-refractivity contribution in [2.45, 2.75) is 12.5 Å². The van der Waals surface area contributed by atoms with Crippen LogP contribution in [0.3, 0.4) is 0 Å². The number of methoxy groups -OCH3 is 1. The number of phenolic OH excluding ortho intramolecular Hbond substituents is 2. The zero-order valence-electron chi connectivity index (χ0n) is 14.5. The summed E-state index contributed by atoms with van der Waals surface area (Å²) in [6.45, 7) is 0. The van der Waals surface area contributed by atoms with Crippen molar-refractivity contribution in [2.75, 3.05) is 26.1 Å². The van der Waals surface area contributed by atoms with Crippen LogP contribution in [0.1, 0.15) is 11.1 Å². The summed E-state index contributed by atoms with van der Waals surface area (Å²) in [4.78, 5) is 18.3. The largest absolute Gasteiger partial charge is 0.504 e. The van der Waals surface area contributed by atoms with Gasteiger partial charge in [-0.2, -0.15) is 0 Å². The molecule has 0 heterocycles. The molecule has 0 spiro atoms. The number of hydrogen-bond acceptors (Lipinski definition) is 6. The fraction of sp³-hybridized carbons (Fsp3) is 0.263. The minimum Gasteiger partial charge on any atom is -0.504 e. The third-order valence-corrected chi connectivity index (χ3v) is 3.76. The molecule has 0 aliphatic rings. The van der Waals surface area contributed by atoms with Crippen LogP contribution in [0.15, 0.2) is 47.5 Å². The van der Waals surface area contributed by atoms with Crippen molar-refractivity contribution < 1.29 is 19.7 Å². The number of aromatic hydroxyl groups is 2. The molecule has 0 fully saturated rings. The number of nitrogens with zero attached hydrogens (tertiary/aromatic N) is 2. The first-order valence-corrected chi connectivity index (χ1v) is 7.80. The van der Waals surface area contributed by atoms with Gasteiger partial charge in [-0.15, -0.1) is 0 Å². The van der Waals surface area contributed by atoms with Gasteiger partial charge in [0, 0.05) is 32.4 Å². The molecule has 6 heteroatoms. The molecule has 1 atom stereocenters. The lowest BCUT2D eigenvalue weighted by Crippen LogP contribution is -2.23. The molecule has 2 N–H and O–H groups in total. The molecule has 0 aliphatic heterocycles. The van der Waals surface area contributed by atoms with E-state index in [-0.39, 0.29) is 17.9 Å². The Morgan fingerprint density at radius 3 is 2.40 bits per heavy atom. The van der Waals surface area contributed by atoms with Crippen molar-refractivity contribution in [3.8, 4) is 11.5 Å². The Hall–Kier alpha value is -3.02. The molecule has 0 radical (unpaired) electrons. The fourth-order valence-electron chi connectivity index (χ4n) is 2.29. The van der Waals surface area contributed by atoms with E-state index in [2.05, 4.69) is 4.99 Å². The van der Waals surface area contributed by atoms with E-state index in [0.717, 1.165) is 11.3 Å². The number of carbonyl (C=O) groups excluding carboxylic acids is 1. The summed E-state index contributed by atoms with van der Waals surface area (Å²) >= 11 is 0. The predicted molar refractivity (Wildman–Crippen MR) is 97.6 cm³/mol. The topological polar surface area (TPSA) is 82.4 Å². The molecule has 0 bridgehead atoms. The number of anilines is 1. The highest BCUT2D eigenvalue weighted by atomic mass is 16.5. The first-order chi connectivity index (χ1) is 11.9. The van der Waals surface area contributed by atoms with E-state index >= 15 is 0 Å². The summed E-state index contributed by atoms with van der Waals surface area (Å²) in [5, 5.41) is 19.0. The van der Waals surface area contributed by atoms with Crippen LogP contribution in [0.25, 0.3) is 0 Å². The SMILES string of the molecule is COC(=O)[C@@H](Cc1ccc(O)c(O)c1)N=Cc1ccc(N(C)C)cc1. The summed E-state index contributed by atoms with van der Waals surface area (Å²) in [6, 6.07) is 11.4. The number of esters is 1. The molecule has 0 unspecified atom stereocenters. The Morgan fingerprint density at radius 2 is 1.84 bits per heavy atom. The van der Waals surface area contributed by atoms with Crippen molar-refractivity contribution in [2.24, 2.45) is 4.99 Å². The molecular weight excluding hydrogens is 320 g/mol. The monoisotopic (exact) mass is 342 g/mol. The second-order valence-corrected chi connectivity index (χ2v) is 5.83. The molecule has 0 saturated heterocycles. The zero-order valence-corrected chi connectivity index (χ0v) is 14.5. The maximum atomic E-state index is 12.0. The minimum atomic E-state index is -0.734. The van der Waals surface area contributed by atoms with Gasteiger partial charge in [-0.25, -0.2) is 4.79 Å². The standard InChI is InChI=1S/C19H22N2O4/c1-21(2)15-7-4-13(5-8-15)12-20-16(19(24)25-3)10-14-6-9-17(22)18(23)11-14/h4-9,11-12,16,22-23H,10H2,1-3H3/t16-/m1/s1. The van der Waals surface area contributed by atoms with E-state index in [9.17, 15) is 15.0 Å². The van der Waals surface area contributed by atoms with Crippen molar-refractivity contribution in [1.82, 2.24) is 0 Å². The van der Waals surface area contributed by atoms with Crippen LogP contribution in [0.2, 0.25) is 0 Å². The molecule has 2 aromatic rings. The normalized spacial score (nSPS) is 12.1. The molecule has 132 valence electrons. The summed E-state index contributed by atoms with van der Waals surface area (Å²) in [7, 11) is 5.23. The van der Waals surface area contributed by atoms with Gasteiger partial charge in [0.2, 0.25) is 0 Å². The van der Waals surface area contributed by atoms with Gasteiger partial charge in [-0.1, -0.05) is 18.2 Å². The zero-order chi connectivity index (χ0) is 18.4. The maximum absolute atomic E-state index is 12.0. The third-order valence-electron chi connectivity index (χ3n) is 3.76. The van der Waals surface area contributed by atoms with Crippen molar-refractivity contribution >= 4 is 17.9 Å². The lowest BCUT2D eigenvalue weighted by molar-refractivity contribution is -0.142. The minimum absolute atomic E-state index is 0.206. The van der Waals surface area contributed by atoms with E-state index in [1.807, 2.05) is 43.3 Å². The van der Waals surface area contributed by atoms with Gasteiger partial charge in [-0.3, -0.25) is 4.99 Å². The summed E-state index contributed by atoms with van der Waals surface area (Å²) in [6.07, 6.45) is 1.88.